The highest BCUT2D eigenvalue weighted by molar-refractivity contribution is 7.17. The van der Waals surface area contributed by atoms with Crippen molar-refractivity contribution in [2.75, 3.05) is 5.32 Å². The molecular weight excluding hydrogens is 298 g/mol. The van der Waals surface area contributed by atoms with E-state index in [4.69, 9.17) is 5.73 Å². The van der Waals surface area contributed by atoms with Crippen LogP contribution in [0.2, 0.25) is 0 Å². The first-order chi connectivity index (χ1) is 10.6. The van der Waals surface area contributed by atoms with Crippen LogP contribution in [0.25, 0.3) is 0 Å². The number of amides is 2. The second kappa shape index (κ2) is 5.88. The molecule has 0 fully saturated rings. The van der Waals surface area contributed by atoms with Crippen LogP contribution in [0.3, 0.4) is 0 Å². The van der Waals surface area contributed by atoms with Crippen LogP contribution in [0.5, 0.6) is 0 Å². The van der Waals surface area contributed by atoms with Crippen LogP contribution in [0.1, 0.15) is 44.6 Å². The summed E-state index contributed by atoms with van der Waals surface area (Å²) in [5.41, 5.74) is 7.33. The lowest BCUT2D eigenvalue weighted by Crippen LogP contribution is -2.19. The predicted molar refractivity (Wildman–Crippen MR) is 86.2 cm³/mol. The van der Waals surface area contributed by atoms with E-state index in [-0.39, 0.29) is 5.91 Å². The maximum absolute atomic E-state index is 12.2. The zero-order valence-electron chi connectivity index (χ0n) is 12.3. The molecule has 1 aliphatic carbocycles. The molecule has 3 rings (SSSR count). The molecule has 2 aromatic rings. The van der Waals surface area contributed by atoms with E-state index in [1.54, 1.807) is 24.4 Å². The normalized spacial score (nSPS) is 16.9. The molecule has 0 radical (unpaired) electrons. The van der Waals surface area contributed by atoms with E-state index in [0.717, 1.165) is 29.7 Å². The van der Waals surface area contributed by atoms with Crippen LogP contribution in [0, 0.1) is 5.92 Å². The molecule has 0 aliphatic heterocycles. The molecule has 6 heteroatoms. The Morgan fingerprint density at radius 3 is 2.91 bits per heavy atom. The molecule has 0 aromatic carbocycles. The highest BCUT2D eigenvalue weighted by Crippen LogP contribution is 2.39. The molecule has 2 heterocycles. The summed E-state index contributed by atoms with van der Waals surface area (Å²) >= 11 is 1.46. The number of anilines is 1. The van der Waals surface area contributed by atoms with Gasteiger partial charge in [-0.15, -0.1) is 11.3 Å². The first kappa shape index (κ1) is 14.7. The number of carbonyl (C=O) groups is 2. The summed E-state index contributed by atoms with van der Waals surface area (Å²) in [4.78, 5) is 29.2. The van der Waals surface area contributed by atoms with Crippen LogP contribution >= 0.6 is 11.3 Å². The summed E-state index contributed by atoms with van der Waals surface area (Å²) in [6, 6.07) is 5.13. The molecule has 0 spiro atoms. The molecule has 1 unspecified atom stereocenters. The standard InChI is InChI=1S/C16H17N3O2S/c1-9-5-6-10-12(8-9)22-16(13(10)14(17)20)19-15(21)11-4-2-3-7-18-11/h2-4,7,9H,5-6,8H2,1H3,(H2,17,20)(H,19,21). The lowest BCUT2D eigenvalue weighted by atomic mass is 9.88. The fourth-order valence-corrected chi connectivity index (χ4v) is 4.17. The highest BCUT2D eigenvalue weighted by Gasteiger charge is 2.27. The molecule has 114 valence electrons. The number of hydrogen-bond donors (Lipinski definition) is 2. The Bertz CT molecular complexity index is 724. The van der Waals surface area contributed by atoms with Gasteiger partial charge in [-0.05, 0) is 42.9 Å². The fraction of sp³-hybridized carbons (Fsp3) is 0.312. The Morgan fingerprint density at radius 2 is 2.23 bits per heavy atom. The number of thiophene rings is 1. The van der Waals surface area contributed by atoms with Crippen molar-refractivity contribution < 1.29 is 9.59 Å². The van der Waals surface area contributed by atoms with E-state index in [0.29, 0.717) is 22.2 Å². The predicted octanol–water partition coefficient (Wildman–Crippen LogP) is 2.62. The second-order valence-electron chi connectivity index (χ2n) is 5.59. The van der Waals surface area contributed by atoms with Crippen molar-refractivity contribution in [2.45, 2.75) is 26.2 Å². The summed E-state index contributed by atoms with van der Waals surface area (Å²) in [5, 5.41) is 3.34. The van der Waals surface area contributed by atoms with E-state index in [9.17, 15) is 9.59 Å². The van der Waals surface area contributed by atoms with Crippen molar-refractivity contribution in [3.63, 3.8) is 0 Å². The monoisotopic (exact) mass is 315 g/mol. The van der Waals surface area contributed by atoms with Gasteiger partial charge in [-0.2, -0.15) is 0 Å². The van der Waals surface area contributed by atoms with E-state index >= 15 is 0 Å². The quantitative estimate of drug-likeness (QED) is 0.913. The largest absolute Gasteiger partial charge is 0.365 e. The Morgan fingerprint density at radius 1 is 1.41 bits per heavy atom. The number of nitrogens with zero attached hydrogens (tertiary/aromatic N) is 1. The third-order valence-electron chi connectivity index (χ3n) is 3.88. The van der Waals surface area contributed by atoms with Crippen molar-refractivity contribution in [3.05, 3.63) is 46.1 Å². The Labute approximate surface area is 132 Å². The first-order valence-corrected chi connectivity index (χ1v) is 8.04. The minimum atomic E-state index is -0.483. The van der Waals surface area contributed by atoms with Crippen molar-refractivity contribution in [2.24, 2.45) is 11.7 Å². The number of primary amides is 1. The van der Waals surface area contributed by atoms with Crippen molar-refractivity contribution in [1.82, 2.24) is 4.98 Å². The Balaban J connectivity index is 1.94. The zero-order chi connectivity index (χ0) is 15.7. The molecule has 0 saturated carbocycles. The van der Waals surface area contributed by atoms with Crippen molar-refractivity contribution in [1.29, 1.82) is 0 Å². The smallest absolute Gasteiger partial charge is 0.274 e. The van der Waals surface area contributed by atoms with E-state index in [1.807, 2.05) is 0 Å². The van der Waals surface area contributed by atoms with Crippen LogP contribution in [0.4, 0.5) is 5.00 Å². The van der Waals surface area contributed by atoms with Gasteiger partial charge in [0.05, 0.1) is 5.56 Å². The molecule has 2 amide bonds. The van der Waals surface area contributed by atoms with Gasteiger partial charge >= 0.3 is 0 Å². The number of nitrogens with one attached hydrogen (secondary N) is 1. The molecule has 1 aliphatic rings. The molecule has 22 heavy (non-hydrogen) atoms. The number of aromatic nitrogens is 1. The summed E-state index contributed by atoms with van der Waals surface area (Å²) < 4.78 is 0. The molecule has 0 saturated heterocycles. The van der Waals surface area contributed by atoms with Crippen molar-refractivity contribution in [3.8, 4) is 0 Å². The lowest BCUT2D eigenvalue weighted by Gasteiger charge is -2.18. The van der Waals surface area contributed by atoms with E-state index in [2.05, 4.69) is 17.2 Å². The summed E-state index contributed by atoms with van der Waals surface area (Å²) in [6.45, 7) is 2.19. The van der Waals surface area contributed by atoms with Crippen LogP contribution in [0.15, 0.2) is 24.4 Å². The number of nitrogens with two attached hydrogens (primary N) is 1. The number of fused-ring (bicyclic) bond motifs is 1. The topological polar surface area (TPSA) is 85.1 Å². The Kier molecular flexibility index (Phi) is 3.94. The first-order valence-electron chi connectivity index (χ1n) is 7.23. The van der Waals surface area contributed by atoms with Crippen molar-refractivity contribution >= 4 is 28.2 Å². The minimum absolute atomic E-state index is 0.317. The fourth-order valence-electron chi connectivity index (χ4n) is 2.76. The minimum Gasteiger partial charge on any atom is -0.365 e. The maximum atomic E-state index is 12.2. The van der Waals surface area contributed by atoms with Crippen LogP contribution in [-0.2, 0) is 12.8 Å². The van der Waals surface area contributed by atoms with Gasteiger partial charge in [-0.3, -0.25) is 14.6 Å². The van der Waals surface area contributed by atoms with Gasteiger partial charge < -0.3 is 11.1 Å². The van der Waals surface area contributed by atoms with Gasteiger partial charge in [0.25, 0.3) is 11.8 Å². The number of carbonyl (C=O) groups excluding carboxylic acids is 2. The van der Waals surface area contributed by atoms with Gasteiger partial charge in [0.1, 0.15) is 10.7 Å². The van der Waals surface area contributed by atoms with Gasteiger partial charge in [0, 0.05) is 11.1 Å². The number of rotatable bonds is 3. The molecular formula is C16H17N3O2S. The second-order valence-corrected chi connectivity index (χ2v) is 6.69. The van der Waals surface area contributed by atoms with Crippen LogP contribution < -0.4 is 11.1 Å². The van der Waals surface area contributed by atoms with Gasteiger partial charge in [0.15, 0.2) is 0 Å². The van der Waals surface area contributed by atoms with Gasteiger partial charge in [-0.1, -0.05) is 13.0 Å². The van der Waals surface area contributed by atoms with E-state index < -0.39 is 5.91 Å². The van der Waals surface area contributed by atoms with Gasteiger partial charge in [-0.25, -0.2) is 0 Å². The molecule has 3 N–H and O–H groups in total. The third kappa shape index (κ3) is 2.74. The summed E-state index contributed by atoms with van der Waals surface area (Å²) in [6.07, 6.45) is 4.37. The maximum Gasteiger partial charge on any atom is 0.274 e. The average molecular weight is 315 g/mol. The molecule has 2 aromatic heterocycles. The highest BCUT2D eigenvalue weighted by atomic mass is 32.1. The van der Waals surface area contributed by atoms with E-state index in [1.165, 1.54) is 11.3 Å². The average Bonchev–Trinajstić information content (AvgIpc) is 2.85. The number of pyridine rings is 1. The third-order valence-corrected chi connectivity index (χ3v) is 5.05. The zero-order valence-corrected chi connectivity index (χ0v) is 13.1. The van der Waals surface area contributed by atoms with Crippen LogP contribution in [-0.4, -0.2) is 16.8 Å². The summed E-state index contributed by atoms with van der Waals surface area (Å²) in [7, 11) is 0. The summed E-state index contributed by atoms with van der Waals surface area (Å²) in [5.74, 6) is -0.218. The molecule has 1 atom stereocenters. The SMILES string of the molecule is CC1CCc2c(sc(NC(=O)c3ccccn3)c2C(N)=O)C1. The lowest BCUT2D eigenvalue weighted by molar-refractivity contribution is 0.1000. The number of hydrogen-bond acceptors (Lipinski definition) is 4. The van der Waals surface area contributed by atoms with Gasteiger partial charge in [0.2, 0.25) is 0 Å². The molecule has 0 bridgehead atoms. The Hall–Kier alpha value is -2.21. The molecule has 5 nitrogen and oxygen atoms in total.